The highest BCUT2D eigenvalue weighted by Crippen LogP contribution is 2.34. The zero-order valence-electron chi connectivity index (χ0n) is 87.0. The minimum atomic E-state index is -0.121. The monoisotopic (exact) mass is 2010 g/mol. The zero-order valence-corrected chi connectivity index (χ0v) is 87.0. The van der Waals surface area contributed by atoms with E-state index in [0.717, 1.165) is 222 Å². The van der Waals surface area contributed by atoms with Gasteiger partial charge in [-0.05, 0) is 248 Å². The number of hydrogen-bond donors (Lipinski definition) is 3. The van der Waals surface area contributed by atoms with Gasteiger partial charge in [0.15, 0.2) is 5.65 Å². The van der Waals surface area contributed by atoms with Crippen LogP contribution in [0.2, 0.25) is 0 Å². The number of piperazine rings is 2. The Balaban J connectivity index is 0.000000106. The second-order valence-electron chi connectivity index (χ2n) is 41.0. The minimum absolute atomic E-state index is 0.0497. The number of hydrogen-bond acceptors (Lipinski definition) is 28. The summed E-state index contributed by atoms with van der Waals surface area (Å²) >= 11 is 0. The van der Waals surface area contributed by atoms with Crippen LogP contribution in [0.15, 0.2) is 220 Å². The lowest BCUT2D eigenvalue weighted by Crippen LogP contribution is -2.50. The second kappa shape index (κ2) is 40.7. The number of pyridine rings is 5. The number of aromatic nitrogens is 24. The zero-order chi connectivity index (χ0) is 104. The SMILES string of the molecule is CCc1cc(-c2cc(=O)n3cc(N4CCN5CCC[C@H]5C4)ccc3n2)cn2cc(C)nc12.Cc1cn2nc(-c3cc(=O)n4cc(C5=C[C@H](C)N[C@@H](C)C5)ccc4n3)cc2c(C)n1.Cc1cn2nc(-c3cc(=O)n4cc(N5CC[C@H](CN(C)C)C5)ccc4n3)cc2c(C)n1.Cc1cn2nc(-c3cc(=O)n4cc(N5CC[C@H](CN)C5)ccc4n3)cc2c(C)n1.Cc1nc(N2CCNCC2)cn2c(=O)cc(-c3ccc4nn(C)cc4c3)nc12. The summed E-state index contributed by atoms with van der Waals surface area (Å²) < 4.78 is 17.3. The summed E-state index contributed by atoms with van der Waals surface area (Å²) in [6.45, 7) is 35.7. The van der Waals surface area contributed by atoms with Crippen LogP contribution in [-0.4, -0.2) is 249 Å². The Kier molecular flexibility index (Phi) is 26.7. The molecule has 38 heteroatoms. The van der Waals surface area contributed by atoms with Gasteiger partial charge in [-0.3, -0.25) is 70.5 Å². The smallest absolute Gasteiger partial charge is 0.258 e. The molecule has 20 aromatic rings. The Morgan fingerprint density at radius 2 is 0.900 bits per heavy atom. The lowest BCUT2D eigenvalue weighted by Gasteiger charge is -2.38. The molecule has 5 atom stereocenters. The average molecular weight is 2010 g/mol. The van der Waals surface area contributed by atoms with E-state index in [9.17, 15) is 24.0 Å². The van der Waals surface area contributed by atoms with Gasteiger partial charge in [0.05, 0.1) is 138 Å². The maximum atomic E-state index is 13.1. The highest BCUT2D eigenvalue weighted by Gasteiger charge is 2.33. The number of nitrogens with zero attached hydrogens (tertiary/aromatic N) is 30. The van der Waals surface area contributed by atoms with E-state index in [-0.39, 0.29) is 27.8 Å². The molecule has 5 saturated heterocycles. The molecule has 0 amide bonds. The Morgan fingerprint density at radius 3 is 1.43 bits per heavy atom. The van der Waals surface area contributed by atoms with E-state index in [1.165, 1.54) is 31.4 Å². The molecule has 25 heterocycles. The van der Waals surface area contributed by atoms with Crippen molar-refractivity contribution in [2.45, 2.75) is 133 Å². The van der Waals surface area contributed by atoms with Crippen LogP contribution in [0.1, 0.15) is 110 Å². The van der Waals surface area contributed by atoms with Gasteiger partial charge in [-0.1, -0.05) is 19.1 Å². The molecule has 150 heavy (non-hydrogen) atoms. The van der Waals surface area contributed by atoms with E-state index >= 15 is 0 Å². The summed E-state index contributed by atoms with van der Waals surface area (Å²) in [6, 6.07) is 39.0. The molecular weight excluding hydrogens is 1890 g/mol. The van der Waals surface area contributed by atoms with Gasteiger partial charge < -0.3 is 45.3 Å². The molecule has 26 rings (SSSR count). The third-order valence-corrected chi connectivity index (χ3v) is 29.3. The molecule has 38 nitrogen and oxygen atoms in total. The average Bonchev–Trinajstić information content (AvgIpc) is 1.70. The molecule has 6 aliphatic heterocycles. The van der Waals surface area contributed by atoms with Crippen LogP contribution in [0.25, 0.3) is 124 Å². The molecule has 0 bridgehead atoms. The number of fused-ring (bicyclic) bond motifs is 11. The second-order valence-corrected chi connectivity index (χ2v) is 41.0. The standard InChI is InChI=1S/C25H28N6O.C23H27N7O.C23H24N6O.C21H23N7O.C20H21N7O/c1-3-18-11-19(14-30-13-17(2)26-25(18)30)22-12-24(32)31-16-21(6-7-23(31)27-22)29-10-9-28-8-4-5-20(28)15-29;1-15-11-30-21(16(2)24-15)9-20(26-30)19-10-23(31)29-14-18(5-6-22(29)25-19)28-8-7-17(13-28)12-27(3)4;1-13-7-18(8-14(2)24-13)17-5-6-22-26-19(10-23(30)28(22)12-17)20-9-21-16(4)25-15(3)11-29(21)27-20;1-13-10-28-19(14(2)23-13)7-18(25-28)17-8-21(29)27-12-16(3-4-20(27)24-17)26-6-5-15(9-22)11-26;1-13-20-23-17(14-3-4-16-15(9-14)11-25(2)24-16)10-19(28)27(20)12-18(22-13)26-7-5-21-6-8-26/h6-7,11-14,16,20H,3-5,8-10,15H2,1-2H3;5-6,9-11,14,17H,7-8,12-13H2,1-4H3;5-7,9-14,24H,8H2,1-4H3;3-4,7-8,10,12,15H,5-6,9,11,22H2,1-2H3;3-4,9-12,21H,5-8H2,1-2H3/t20-;17-;13-,14-;15-;/m0101./s1. The number of aryl methyl sites for hydroxylation is 10. The quantitative estimate of drug-likeness (QED) is 0.0910. The minimum Gasteiger partial charge on any atom is -0.370 e. The van der Waals surface area contributed by atoms with Gasteiger partial charge >= 0.3 is 0 Å². The van der Waals surface area contributed by atoms with E-state index in [1.807, 2.05) is 202 Å². The number of nitrogens with one attached hydrogen (secondary N) is 2. The summed E-state index contributed by atoms with van der Waals surface area (Å²) in [5, 5.41) is 26.1. The fourth-order valence-corrected chi connectivity index (χ4v) is 22.0. The first-order chi connectivity index (χ1) is 72.4. The molecule has 19 aromatic heterocycles. The van der Waals surface area contributed by atoms with Crippen molar-refractivity contribution >= 4 is 89.8 Å². The van der Waals surface area contributed by atoms with E-state index in [4.69, 9.17) is 30.7 Å². The van der Waals surface area contributed by atoms with E-state index in [2.05, 4.69) is 144 Å². The number of nitrogens with two attached hydrogens (primary N) is 1. The Labute approximate surface area is 863 Å². The maximum absolute atomic E-state index is 13.1. The molecular formula is C112H123N33O5. The van der Waals surface area contributed by atoms with Gasteiger partial charge in [-0.2, -0.15) is 20.4 Å². The maximum Gasteiger partial charge on any atom is 0.258 e. The van der Waals surface area contributed by atoms with Crippen LogP contribution in [0.5, 0.6) is 0 Å². The Morgan fingerprint density at radius 1 is 0.407 bits per heavy atom. The summed E-state index contributed by atoms with van der Waals surface area (Å²) in [5.41, 5.74) is 33.7. The molecule has 6 aliphatic rings. The molecule has 0 radical (unpaired) electrons. The normalized spacial score (nSPS) is 17.5. The predicted molar refractivity (Wildman–Crippen MR) is 587 cm³/mol. The van der Waals surface area contributed by atoms with Crippen molar-refractivity contribution in [1.82, 2.24) is 135 Å². The number of rotatable bonds is 14. The topological polar surface area (TPSA) is 380 Å². The predicted octanol–water partition coefficient (Wildman–Crippen LogP) is 11.9. The molecule has 5 fully saturated rings. The molecule has 0 unspecified atom stereocenters. The summed E-state index contributed by atoms with van der Waals surface area (Å²) in [4.78, 5) is 125. The summed E-state index contributed by atoms with van der Waals surface area (Å²) in [7, 11) is 6.12. The van der Waals surface area contributed by atoms with E-state index in [0.29, 0.717) is 110 Å². The number of imidazole rings is 1. The molecule has 0 aliphatic carbocycles. The van der Waals surface area contributed by atoms with Gasteiger partial charge in [0.25, 0.3) is 27.8 Å². The fourth-order valence-electron chi connectivity index (χ4n) is 22.0. The van der Waals surface area contributed by atoms with E-state index < -0.39 is 0 Å². The number of anilines is 4. The Hall–Kier alpha value is -16.3. The molecule has 766 valence electrons. The van der Waals surface area contributed by atoms with Gasteiger partial charge in [0.1, 0.15) is 51.1 Å². The van der Waals surface area contributed by atoms with Crippen molar-refractivity contribution < 1.29 is 0 Å². The van der Waals surface area contributed by atoms with Crippen LogP contribution in [-0.2, 0) is 13.5 Å². The van der Waals surface area contributed by atoms with Crippen LogP contribution >= 0.6 is 0 Å². The fraction of sp³-hybridized carbons (Fsp3) is 0.348. The van der Waals surface area contributed by atoms with Crippen LogP contribution in [0.4, 0.5) is 22.9 Å². The van der Waals surface area contributed by atoms with Crippen molar-refractivity contribution in [2.24, 2.45) is 24.6 Å². The highest BCUT2D eigenvalue weighted by molar-refractivity contribution is 5.84. The van der Waals surface area contributed by atoms with Gasteiger partial charge in [0.2, 0.25) is 0 Å². The van der Waals surface area contributed by atoms with Crippen molar-refractivity contribution in [3.05, 3.63) is 304 Å². The van der Waals surface area contributed by atoms with Crippen LogP contribution in [0, 0.1) is 67.2 Å². The third-order valence-electron chi connectivity index (χ3n) is 29.3. The molecule has 0 saturated carbocycles. The van der Waals surface area contributed by atoms with Crippen LogP contribution in [0.3, 0.4) is 0 Å². The molecule has 1 aromatic carbocycles. The molecule has 4 N–H and O–H groups in total. The van der Waals surface area contributed by atoms with E-state index in [1.54, 1.807) is 76.8 Å². The Bertz CT molecular complexity index is 9040. The van der Waals surface area contributed by atoms with Gasteiger partial charge in [-0.25, -0.2) is 48.4 Å². The lowest BCUT2D eigenvalue weighted by atomic mass is 9.94. The third kappa shape index (κ3) is 20.2. The largest absolute Gasteiger partial charge is 0.370 e. The lowest BCUT2D eigenvalue weighted by molar-refractivity contribution is 0.231. The number of benzene rings is 1. The van der Waals surface area contributed by atoms with Crippen molar-refractivity contribution in [1.29, 1.82) is 0 Å². The van der Waals surface area contributed by atoms with Crippen molar-refractivity contribution in [3.63, 3.8) is 0 Å². The highest BCUT2D eigenvalue weighted by atomic mass is 16.1. The van der Waals surface area contributed by atoms with Gasteiger partial charge in [0, 0.05) is 194 Å². The first kappa shape index (κ1) is 98.4. The molecule has 0 spiro atoms. The van der Waals surface area contributed by atoms with Crippen LogP contribution < -0.4 is 63.8 Å². The van der Waals surface area contributed by atoms with Gasteiger partial charge in [-0.15, -0.1) is 0 Å². The van der Waals surface area contributed by atoms with Crippen molar-refractivity contribution in [3.8, 4) is 56.7 Å². The first-order valence-corrected chi connectivity index (χ1v) is 51.7. The summed E-state index contributed by atoms with van der Waals surface area (Å²) in [6.07, 6.45) is 29.9. The first-order valence-electron chi connectivity index (χ1n) is 51.7. The summed E-state index contributed by atoms with van der Waals surface area (Å²) in [5.74, 6) is 1.99. The van der Waals surface area contributed by atoms with Crippen molar-refractivity contribution in [2.75, 3.05) is 125 Å².